The van der Waals surface area contributed by atoms with Crippen LogP contribution in [-0.4, -0.2) is 69.5 Å². The Labute approximate surface area is 445 Å². The van der Waals surface area contributed by atoms with Crippen LogP contribution >= 0.6 is 34.4 Å². The summed E-state index contributed by atoms with van der Waals surface area (Å²) >= 11 is 4.52. The van der Waals surface area contributed by atoms with Crippen molar-refractivity contribution >= 4 is 57.4 Å². The topological polar surface area (TPSA) is 125 Å². The van der Waals surface area contributed by atoms with Gasteiger partial charge in [0.1, 0.15) is 22.4 Å². The zero-order chi connectivity index (χ0) is 50.8. The third-order valence-electron chi connectivity index (χ3n) is 13.9. The summed E-state index contributed by atoms with van der Waals surface area (Å²) in [4.78, 5) is 31.6. The van der Waals surface area contributed by atoms with Gasteiger partial charge in [-0.25, -0.2) is 9.59 Å². The van der Waals surface area contributed by atoms with Crippen molar-refractivity contribution in [2.45, 2.75) is 182 Å². The molecule has 0 saturated carbocycles. The molecule has 0 aliphatic carbocycles. The van der Waals surface area contributed by atoms with Gasteiger partial charge >= 0.3 is 11.9 Å². The minimum atomic E-state index is -0.389. The maximum absolute atomic E-state index is 13.8. The number of unbranched alkanes of at least 4 members (excludes halogenated alkanes) is 18. The van der Waals surface area contributed by atoms with Crippen molar-refractivity contribution < 1.29 is 38.0 Å². The summed E-state index contributed by atoms with van der Waals surface area (Å²) in [5.41, 5.74) is 6.23. The largest absolute Gasteiger partial charge is 0.487 e. The molecule has 0 amide bonds. The maximum atomic E-state index is 13.8. The molecule has 0 spiro atoms. The first-order chi connectivity index (χ1) is 36.0. The van der Waals surface area contributed by atoms with Crippen LogP contribution in [0.25, 0.3) is 53.1 Å². The molecular formula is C58H78N4O8S3. The van der Waals surface area contributed by atoms with Crippen LogP contribution < -0.4 is 18.9 Å². The Morgan fingerprint density at radius 1 is 0.466 bits per heavy atom. The highest BCUT2D eigenvalue weighted by Crippen LogP contribution is 2.51. The molecule has 73 heavy (non-hydrogen) atoms. The number of carbonyl (C=O) groups excluding carboxylic acids is 2. The number of thiophene rings is 2. The van der Waals surface area contributed by atoms with E-state index in [1.165, 1.54) is 114 Å². The first-order valence-corrected chi connectivity index (χ1v) is 30.2. The smallest absolute Gasteiger partial charge is 0.359 e. The number of fused-ring (bicyclic) bond motifs is 3. The lowest BCUT2D eigenvalue weighted by molar-refractivity contribution is 0.0499. The molecule has 6 aromatic rings. The van der Waals surface area contributed by atoms with Crippen LogP contribution in [0.4, 0.5) is 0 Å². The molecule has 0 radical (unpaired) electrons. The fraction of sp³-hybridized carbons (Fsp3) is 0.586. The predicted octanol–water partition coefficient (Wildman–Crippen LogP) is 16.6. The van der Waals surface area contributed by atoms with E-state index in [1.807, 2.05) is 13.8 Å². The van der Waals surface area contributed by atoms with E-state index in [0.717, 1.165) is 91.6 Å². The first-order valence-electron chi connectivity index (χ1n) is 27.8. The van der Waals surface area contributed by atoms with Crippen molar-refractivity contribution in [3.63, 3.8) is 0 Å². The van der Waals surface area contributed by atoms with Gasteiger partial charge in [0.25, 0.3) is 0 Å². The molecule has 0 fully saturated rings. The number of benzene rings is 1. The van der Waals surface area contributed by atoms with E-state index in [1.54, 1.807) is 22.7 Å². The summed E-state index contributed by atoms with van der Waals surface area (Å²) in [6.45, 7) is 12.0. The summed E-state index contributed by atoms with van der Waals surface area (Å²) in [7, 11) is 0. The molecule has 0 bridgehead atoms. The fourth-order valence-corrected chi connectivity index (χ4v) is 13.0. The zero-order valence-corrected chi connectivity index (χ0v) is 46.4. The van der Waals surface area contributed by atoms with Gasteiger partial charge < -0.3 is 37.6 Å². The Morgan fingerprint density at radius 3 is 1.18 bits per heavy atom. The molecule has 12 nitrogen and oxygen atoms in total. The Bertz CT molecular complexity index is 2510. The van der Waals surface area contributed by atoms with Gasteiger partial charge in [0, 0.05) is 46.8 Å². The Balaban J connectivity index is 1.06. The van der Waals surface area contributed by atoms with Crippen molar-refractivity contribution in [1.29, 1.82) is 0 Å². The second-order valence-electron chi connectivity index (χ2n) is 19.4. The van der Waals surface area contributed by atoms with E-state index in [0.29, 0.717) is 73.9 Å². The number of carbonyl (C=O) groups is 2. The minimum absolute atomic E-state index is 0.269. The lowest BCUT2D eigenvalue weighted by Crippen LogP contribution is -2.15. The van der Waals surface area contributed by atoms with Gasteiger partial charge in [-0.3, -0.25) is 0 Å². The maximum Gasteiger partial charge on any atom is 0.359 e. The fourth-order valence-electron chi connectivity index (χ4n) is 10.2. The van der Waals surface area contributed by atoms with Crippen LogP contribution in [-0.2, 0) is 22.6 Å². The van der Waals surface area contributed by atoms with Crippen LogP contribution in [0, 0.1) is 0 Å². The molecule has 0 saturated heterocycles. The Morgan fingerprint density at radius 2 is 0.808 bits per heavy atom. The number of hydrogen-bond acceptors (Lipinski definition) is 13. The summed E-state index contributed by atoms with van der Waals surface area (Å²) in [5, 5.41) is 0. The van der Waals surface area contributed by atoms with Gasteiger partial charge in [0.2, 0.25) is 0 Å². The van der Waals surface area contributed by atoms with Gasteiger partial charge in [-0.15, -0.1) is 22.7 Å². The van der Waals surface area contributed by atoms with E-state index in [2.05, 4.69) is 59.4 Å². The number of ether oxygens (including phenoxy) is 6. The van der Waals surface area contributed by atoms with Gasteiger partial charge in [-0.05, 0) is 51.0 Å². The van der Waals surface area contributed by atoms with Crippen LogP contribution in [0.5, 0.6) is 23.0 Å². The summed E-state index contributed by atoms with van der Waals surface area (Å²) in [6, 6.07) is 12.8. The van der Waals surface area contributed by atoms with Crippen LogP contribution in [0.3, 0.4) is 0 Å². The van der Waals surface area contributed by atoms with Crippen molar-refractivity contribution in [2.75, 3.05) is 39.6 Å². The van der Waals surface area contributed by atoms with E-state index in [4.69, 9.17) is 37.2 Å². The molecule has 5 aromatic heterocycles. The number of aromatic nitrogens is 4. The van der Waals surface area contributed by atoms with E-state index in [-0.39, 0.29) is 25.2 Å². The summed E-state index contributed by atoms with van der Waals surface area (Å²) in [5.74, 6) is 1.42. The second kappa shape index (κ2) is 28.2. The average molecular weight is 1060 g/mol. The SMILES string of the molecule is CCCCCCCCCCCCn1c(C(=O)OCC)c2c(c1-c1ccc(-c3ccc(-c4ccc(-c5c6c(c(C(=O)OCC)n5CCCCCCCCCCCC)OCCCO6)s4)c4nsnc34)s1)OCCCO2. The van der Waals surface area contributed by atoms with Crippen LogP contribution in [0.2, 0.25) is 0 Å². The van der Waals surface area contributed by atoms with Gasteiger partial charge in [0.05, 0.1) is 61.1 Å². The third-order valence-corrected chi connectivity index (χ3v) is 16.7. The number of esters is 2. The quantitative estimate of drug-likeness (QED) is 0.0318. The molecule has 1 aromatic carbocycles. The van der Waals surface area contributed by atoms with Crippen LogP contribution in [0.15, 0.2) is 36.4 Å². The molecule has 15 heteroatoms. The van der Waals surface area contributed by atoms with Crippen molar-refractivity contribution in [3.05, 3.63) is 47.8 Å². The molecule has 2 aliphatic rings. The normalized spacial score (nSPS) is 13.4. The second-order valence-corrected chi connectivity index (χ2v) is 22.1. The lowest BCUT2D eigenvalue weighted by atomic mass is 10.1. The average Bonchev–Trinajstić information content (AvgIpc) is 4.23. The third kappa shape index (κ3) is 13.3. The standard InChI is InChI=1S/C58H78N4O8S3/c1-5-9-11-13-15-17-19-21-23-25-35-61-49(53-55(69-39-27-37-67-53)51(61)57(63)65-7-3)45-33-31-43(71-45)41-29-30-42(48-47(41)59-73-60-48)44-32-34-46(72-44)50-54-56(70-40-28-38-68-54)52(58(64)66-8-4)62(50)36-26-24-22-20-18-16-14-12-10-6-2/h29-34H,5-28,35-40H2,1-4H3. The van der Waals surface area contributed by atoms with Crippen molar-refractivity contribution in [3.8, 4) is 65.0 Å². The molecule has 0 unspecified atom stereocenters. The highest BCUT2D eigenvalue weighted by molar-refractivity contribution is 7.19. The first kappa shape index (κ1) is 54.4. The monoisotopic (exact) mass is 1050 g/mol. The zero-order valence-electron chi connectivity index (χ0n) is 44.0. The molecule has 0 atom stereocenters. The Kier molecular flexibility index (Phi) is 21.0. The molecule has 0 N–H and O–H groups in total. The van der Waals surface area contributed by atoms with Crippen molar-refractivity contribution in [2.24, 2.45) is 0 Å². The van der Waals surface area contributed by atoms with Gasteiger partial charge in [0.15, 0.2) is 34.4 Å². The molecular weight excluding hydrogens is 977 g/mol. The van der Waals surface area contributed by atoms with Gasteiger partial charge in [-0.1, -0.05) is 142 Å². The number of nitrogens with zero attached hydrogens (tertiary/aromatic N) is 4. The van der Waals surface area contributed by atoms with E-state index in [9.17, 15) is 9.59 Å². The van der Waals surface area contributed by atoms with Crippen LogP contribution in [0.1, 0.15) is 190 Å². The predicted molar refractivity (Wildman–Crippen MR) is 298 cm³/mol. The molecule has 8 rings (SSSR count). The van der Waals surface area contributed by atoms with Gasteiger partial charge in [-0.2, -0.15) is 8.75 Å². The van der Waals surface area contributed by atoms with E-state index < -0.39 is 0 Å². The lowest BCUT2D eigenvalue weighted by Gasteiger charge is -2.13. The highest BCUT2D eigenvalue weighted by atomic mass is 32.1. The number of hydrogen-bond donors (Lipinski definition) is 0. The highest BCUT2D eigenvalue weighted by Gasteiger charge is 2.35. The van der Waals surface area contributed by atoms with E-state index >= 15 is 0 Å². The van der Waals surface area contributed by atoms with Crippen molar-refractivity contribution in [1.82, 2.24) is 17.9 Å². The summed E-state index contributed by atoms with van der Waals surface area (Å²) < 4.78 is 50.9. The molecule has 396 valence electrons. The summed E-state index contributed by atoms with van der Waals surface area (Å²) in [6.07, 6.45) is 26.0. The number of rotatable bonds is 30. The Hall–Kier alpha value is -4.86. The minimum Gasteiger partial charge on any atom is -0.487 e. The molecule has 7 heterocycles. The molecule has 2 aliphatic heterocycles.